The van der Waals surface area contributed by atoms with Gasteiger partial charge in [-0.15, -0.1) is 0 Å². The van der Waals surface area contributed by atoms with E-state index in [9.17, 15) is 0 Å². The van der Waals surface area contributed by atoms with Gasteiger partial charge in [0.05, 0.1) is 27.8 Å². The Labute approximate surface area is 403 Å². The number of para-hydroxylation sites is 3. The summed E-state index contributed by atoms with van der Waals surface area (Å²) in [5, 5.41) is 2.45. The summed E-state index contributed by atoms with van der Waals surface area (Å²) in [5.41, 5.74) is 21.1. The smallest absolute Gasteiger partial charge is 0.0714 e. The molecule has 11 aromatic carbocycles. The maximum absolute atomic E-state index is 2.53. The molecule has 2 nitrogen and oxygen atoms in total. The van der Waals surface area contributed by atoms with E-state index in [1.54, 1.807) is 0 Å². The Morgan fingerprint density at radius 2 is 0.783 bits per heavy atom. The minimum absolute atomic E-state index is 0.501. The van der Waals surface area contributed by atoms with Crippen molar-refractivity contribution in [1.82, 2.24) is 4.57 Å². The van der Waals surface area contributed by atoms with Gasteiger partial charge in [-0.2, -0.15) is 0 Å². The molecule has 0 spiro atoms. The van der Waals surface area contributed by atoms with Crippen LogP contribution in [-0.2, 0) is 5.41 Å². The van der Waals surface area contributed by atoms with Gasteiger partial charge in [0.15, 0.2) is 0 Å². The Hall–Kier alpha value is -8.98. The highest BCUT2D eigenvalue weighted by molar-refractivity contribution is 6.11. The molecule has 0 saturated heterocycles. The molecule has 12 aromatic rings. The zero-order valence-corrected chi connectivity index (χ0v) is 38.0. The summed E-state index contributed by atoms with van der Waals surface area (Å²) >= 11 is 0. The number of fused-ring (bicyclic) bond motifs is 6. The molecule has 1 aliphatic carbocycles. The van der Waals surface area contributed by atoms with Gasteiger partial charge < -0.3 is 9.47 Å². The van der Waals surface area contributed by atoms with E-state index in [1.165, 1.54) is 83.1 Å². The van der Waals surface area contributed by atoms with Crippen molar-refractivity contribution in [3.05, 3.63) is 301 Å². The second kappa shape index (κ2) is 16.7. The molecule has 0 N–H and O–H groups in total. The minimum atomic E-state index is -0.501. The molecule has 0 unspecified atom stereocenters. The molecule has 0 saturated carbocycles. The fourth-order valence-corrected chi connectivity index (χ4v) is 11.3. The molecule has 69 heavy (non-hydrogen) atoms. The van der Waals surface area contributed by atoms with E-state index in [1.807, 2.05) is 0 Å². The summed E-state index contributed by atoms with van der Waals surface area (Å²) in [7, 11) is 0. The number of hydrogen-bond donors (Lipinski definition) is 0. The lowest BCUT2D eigenvalue weighted by Crippen LogP contribution is -2.28. The summed E-state index contributed by atoms with van der Waals surface area (Å²) in [4.78, 5) is 2.39. The van der Waals surface area contributed by atoms with Crippen LogP contribution in [0.15, 0.2) is 279 Å². The lowest BCUT2D eigenvalue weighted by molar-refractivity contribution is 0.768. The number of anilines is 3. The van der Waals surface area contributed by atoms with Gasteiger partial charge in [0, 0.05) is 33.3 Å². The van der Waals surface area contributed by atoms with E-state index in [0.29, 0.717) is 0 Å². The predicted molar refractivity (Wildman–Crippen MR) is 289 cm³/mol. The Morgan fingerprint density at radius 3 is 1.46 bits per heavy atom. The van der Waals surface area contributed by atoms with Crippen LogP contribution < -0.4 is 4.90 Å². The van der Waals surface area contributed by atoms with Crippen LogP contribution in [0.25, 0.3) is 72.0 Å². The molecule has 1 aliphatic rings. The molecule has 13 rings (SSSR count). The summed E-state index contributed by atoms with van der Waals surface area (Å²) < 4.78 is 2.53. The molecule has 2 heteroatoms. The first-order chi connectivity index (χ1) is 34.3. The van der Waals surface area contributed by atoms with Gasteiger partial charge >= 0.3 is 0 Å². The number of benzene rings is 11. The molecular weight excluding hydrogens is 833 g/mol. The second-order valence-electron chi connectivity index (χ2n) is 18.0. The molecule has 324 valence electrons. The van der Waals surface area contributed by atoms with Crippen molar-refractivity contribution in [2.24, 2.45) is 0 Å². The first-order valence-corrected chi connectivity index (χ1v) is 23.8. The van der Waals surface area contributed by atoms with Crippen molar-refractivity contribution >= 4 is 38.9 Å². The number of rotatable bonds is 9. The SMILES string of the molecule is c1ccc(-c2ccc(-c3ccc(N(c4ccccc4)c4ccccc4-c4ccc5c6ccccc6n(-c6cccc7c6-c6ccccc6C7(c6ccccc6)c6ccccc6)c5c4)cc3)cc2)cc1. The Kier molecular flexibility index (Phi) is 9.77. The Bertz CT molecular complexity index is 3760. The summed E-state index contributed by atoms with van der Waals surface area (Å²) in [6.45, 7) is 0. The van der Waals surface area contributed by atoms with Crippen LogP contribution in [0, 0.1) is 0 Å². The van der Waals surface area contributed by atoms with Gasteiger partial charge in [0.25, 0.3) is 0 Å². The molecule has 1 aromatic heterocycles. The standard InChI is InChI=1S/C67H46N2/c1-5-20-47(21-6-1)48-36-38-49(39-37-48)50-40-43-55(44-41-50)68(54-26-11-4-12-27-54)62-33-17-14-28-56(62)51-42-45-58-57-29-15-18-34-63(57)69(65(58)46-51)64-35-19-32-61-66(64)59-30-13-16-31-60(59)67(61,52-22-7-2-8-23-52)53-24-9-3-10-25-53/h1-46H. The summed E-state index contributed by atoms with van der Waals surface area (Å²) in [5.74, 6) is 0. The normalized spacial score (nSPS) is 12.5. The van der Waals surface area contributed by atoms with Gasteiger partial charge in [-0.1, -0.05) is 231 Å². The van der Waals surface area contributed by atoms with Crippen LogP contribution in [-0.4, -0.2) is 4.57 Å². The highest BCUT2D eigenvalue weighted by Gasteiger charge is 2.47. The van der Waals surface area contributed by atoms with E-state index in [0.717, 1.165) is 28.2 Å². The van der Waals surface area contributed by atoms with Crippen LogP contribution in [0.4, 0.5) is 17.1 Å². The fourth-order valence-electron chi connectivity index (χ4n) is 11.3. The van der Waals surface area contributed by atoms with E-state index in [-0.39, 0.29) is 0 Å². The van der Waals surface area contributed by atoms with Crippen molar-refractivity contribution in [3.8, 4) is 50.2 Å². The number of aromatic nitrogens is 1. The number of nitrogens with zero attached hydrogens (tertiary/aromatic N) is 2. The van der Waals surface area contributed by atoms with Gasteiger partial charge in [-0.25, -0.2) is 0 Å². The van der Waals surface area contributed by atoms with Gasteiger partial charge in [-0.05, 0) is 104 Å². The first kappa shape index (κ1) is 40.3. The van der Waals surface area contributed by atoms with E-state index < -0.39 is 5.41 Å². The largest absolute Gasteiger partial charge is 0.310 e. The van der Waals surface area contributed by atoms with Gasteiger partial charge in [0.1, 0.15) is 0 Å². The fraction of sp³-hybridized carbons (Fsp3) is 0.0149. The van der Waals surface area contributed by atoms with Gasteiger partial charge in [0.2, 0.25) is 0 Å². The molecule has 0 atom stereocenters. The van der Waals surface area contributed by atoms with Crippen molar-refractivity contribution in [3.63, 3.8) is 0 Å². The zero-order valence-electron chi connectivity index (χ0n) is 38.0. The highest BCUT2D eigenvalue weighted by Crippen LogP contribution is 2.58. The summed E-state index contributed by atoms with van der Waals surface area (Å²) in [6.07, 6.45) is 0. The van der Waals surface area contributed by atoms with Crippen LogP contribution in [0.1, 0.15) is 22.3 Å². The monoisotopic (exact) mass is 878 g/mol. The maximum atomic E-state index is 2.53. The average Bonchev–Trinajstić information content (AvgIpc) is 3.93. The third-order valence-electron chi connectivity index (χ3n) is 14.3. The van der Waals surface area contributed by atoms with Crippen LogP contribution >= 0.6 is 0 Å². The lowest BCUT2D eigenvalue weighted by atomic mass is 9.68. The van der Waals surface area contributed by atoms with Crippen LogP contribution in [0.3, 0.4) is 0 Å². The van der Waals surface area contributed by atoms with E-state index >= 15 is 0 Å². The quantitative estimate of drug-likeness (QED) is 0.140. The van der Waals surface area contributed by atoms with Crippen LogP contribution in [0.2, 0.25) is 0 Å². The highest BCUT2D eigenvalue weighted by atomic mass is 15.1. The van der Waals surface area contributed by atoms with Crippen molar-refractivity contribution in [1.29, 1.82) is 0 Å². The van der Waals surface area contributed by atoms with Crippen molar-refractivity contribution in [2.75, 3.05) is 4.90 Å². The molecular formula is C67H46N2. The number of hydrogen-bond acceptors (Lipinski definition) is 1. The predicted octanol–water partition coefficient (Wildman–Crippen LogP) is 17.6. The average molecular weight is 879 g/mol. The first-order valence-electron chi connectivity index (χ1n) is 23.8. The lowest BCUT2D eigenvalue weighted by Gasteiger charge is -2.34. The molecule has 1 heterocycles. The maximum Gasteiger partial charge on any atom is 0.0714 e. The zero-order chi connectivity index (χ0) is 45.7. The summed E-state index contributed by atoms with van der Waals surface area (Å²) in [6, 6.07) is 102. The van der Waals surface area contributed by atoms with Crippen molar-refractivity contribution in [2.45, 2.75) is 5.41 Å². The van der Waals surface area contributed by atoms with Gasteiger partial charge in [-0.3, -0.25) is 0 Å². The topological polar surface area (TPSA) is 8.17 Å². The Balaban J connectivity index is 0.975. The molecule has 0 bridgehead atoms. The van der Waals surface area contributed by atoms with Crippen LogP contribution in [0.5, 0.6) is 0 Å². The molecule has 0 radical (unpaired) electrons. The third-order valence-corrected chi connectivity index (χ3v) is 14.3. The minimum Gasteiger partial charge on any atom is -0.310 e. The third kappa shape index (κ3) is 6.56. The molecule has 0 fully saturated rings. The molecule has 0 aliphatic heterocycles. The molecule has 0 amide bonds. The van der Waals surface area contributed by atoms with E-state index in [2.05, 4.69) is 289 Å². The Morgan fingerprint density at radius 1 is 0.304 bits per heavy atom. The van der Waals surface area contributed by atoms with Crippen molar-refractivity contribution < 1.29 is 0 Å². The second-order valence-corrected chi connectivity index (χ2v) is 18.0. The van der Waals surface area contributed by atoms with E-state index in [4.69, 9.17) is 0 Å².